The molecule has 22 heavy (non-hydrogen) atoms. The van der Waals surface area contributed by atoms with Crippen molar-refractivity contribution in [1.29, 1.82) is 0 Å². The Bertz CT molecular complexity index is 671. The highest BCUT2D eigenvalue weighted by Gasteiger charge is 2.30. The van der Waals surface area contributed by atoms with E-state index in [4.69, 9.17) is 16.0 Å². The lowest BCUT2D eigenvalue weighted by atomic mass is 10.1. The van der Waals surface area contributed by atoms with Gasteiger partial charge < -0.3 is 14.6 Å². The number of hydrogen-bond acceptors (Lipinski definition) is 4. The molecule has 0 aliphatic carbocycles. The summed E-state index contributed by atoms with van der Waals surface area (Å²) in [6.07, 6.45) is 2.30. The third kappa shape index (κ3) is 2.87. The average Bonchev–Trinajstić information content (AvgIpc) is 3.16. The van der Waals surface area contributed by atoms with Crippen LogP contribution in [-0.2, 0) is 0 Å². The average molecular weight is 320 g/mol. The Morgan fingerprint density at radius 1 is 1.50 bits per heavy atom. The molecule has 3 rings (SSSR count). The maximum absolute atomic E-state index is 12.7. The minimum Gasteiger partial charge on any atom is -0.443 e. The molecular weight excluding hydrogens is 302 g/mol. The molecule has 1 aromatic heterocycles. The fourth-order valence-corrected chi connectivity index (χ4v) is 3.08. The second-order valence-electron chi connectivity index (χ2n) is 5.47. The molecule has 0 spiro atoms. The van der Waals surface area contributed by atoms with Crippen molar-refractivity contribution in [2.45, 2.75) is 6.42 Å². The van der Waals surface area contributed by atoms with Gasteiger partial charge in [-0.2, -0.15) is 0 Å². The Kier molecular flexibility index (Phi) is 4.45. The lowest BCUT2D eigenvalue weighted by molar-refractivity contribution is 0.0782. The van der Waals surface area contributed by atoms with Crippen molar-refractivity contribution in [2.24, 2.45) is 5.92 Å². The molecule has 0 bridgehead atoms. The number of amides is 1. The van der Waals surface area contributed by atoms with Crippen LogP contribution >= 0.6 is 11.6 Å². The summed E-state index contributed by atoms with van der Waals surface area (Å²) in [5.74, 6) is 0.833. The molecule has 0 radical (unpaired) electrons. The molecule has 1 amide bonds. The number of hydrogen-bond donors (Lipinski definition) is 1. The third-order valence-corrected chi connectivity index (χ3v) is 4.28. The smallest absolute Gasteiger partial charge is 0.276 e. The number of carbonyl (C=O) groups is 1. The second kappa shape index (κ2) is 6.50. The first-order valence-corrected chi connectivity index (χ1v) is 7.70. The van der Waals surface area contributed by atoms with Gasteiger partial charge >= 0.3 is 0 Å². The van der Waals surface area contributed by atoms with E-state index in [2.05, 4.69) is 10.3 Å². The van der Waals surface area contributed by atoms with Crippen molar-refractivity contribution in [2.75, 3.05) is 26.7 Å². The molecule has 1 aromatic carbocycles. The van der Waals surface area contributed by atoms with Crippen molar-refractivity contribution in [1.82, 2.24) is 15.2 Å². The van der Waals surface area contributed by atoms with Gasteiger partial charge in [0.25, 0.3) is 5.91 Å². The zero-order valence-electron chi connectivity index (χ0n) is 12.4. The van der Waals surface area contributed by atoms with E-state index in [-0.39, 0.29) is 5.91 Å². The van der Waals surface area contributed by atoms with E-state index in [1.165, 1.54) is 6.39 Å². The Morgan fingerprint density at radius 2 is 2.32 bits per heavy atom. The second-order valence-corrected chi connectivity index (χ2v) is 5.88. The van der Waals surface area contributed by atoms with Crippen molar-refractivity contribution >= 4 is 17.5 Å². The molecule has 1 N–H and O–H groups in total. The van der Waals surface area contributed by atoms with Gasteiger partial charge in [0, 0.05) is 18.7 Å². The molecule has 1 fully saturated rings. The van der Waals surface area contributed by atoms with Crippen molar-refractivity contribution in [3.63, 3.8) is 0 Å². The molecule has 0 unspecified atom stereocenters. The Labute approximate surface area is 134 Å². The lowest BCUT2D eigenvalue weighted by Crippen LogP contribution is -2.30. The molecule has 6 heteroatoms. The van der Waals surface area contributed by atoms with E-state index in [9.17, 15) is 4.79 Å². The van der Waals surface area contributed by atoms with Gasteiger partial charge in [-0.15, -0.1) is 0 Å². The number of nitrogens with one attached hydrogen (secondary N) is 1. The highest BCUT2D eigenvalue weighted by Crippen LogP contribution is 2.31. The van der Waals surface area contributed by atoms with Gasteiger partial charge in [-0.25, -0.2) is 4.98 Å². The summed E-state index contributed by atoms with van der Waals surface area (Å²) in [6.45, 7) is 2.41. The van der Waals surface area contributed by atoms with Gasteiger partial charge in [-0.1, -0.05) is 23.7 Å². The Hall–Kier alpha value is -1.85. The van der Waals surface area contributed by atoms with Gasteiger partial charge in [0.1, 0.15) is 0 Å². The molecule has 1 saturated heterocycles. The fourth-order valence-electron chi connectivity index (χ4n) is 2.86. The Morgan fingerprint density at radius 3 is 3.09 bits per heavy atom. The maximum atomic E-state index is 12.7. The predicted octanol–water partition coefficient (Wildman–Crippen LogP) is 2.68. The Balaban J connectivity index is 1.84. The van der Waals surface area contributed by atoms with E-state index < -0.39 is 0 Å². The normalized spacial score (nSPS) is 17.9. The first kappa shape index (κ1) is 15.1. The van der Waals surface area contributed by atoms with Crippen molar-refractivity contribution in [3.05, 3.63) is 41.4 Å². The number of halogens is 1. The van der Waals surface area contributed by atoms with Crippen molar-refractivity contribution in [3.8, 4) is 11.3 Å². The van der Waals surface area contributed by atoms with E-state index >= 15 is 0 Å². The molecule has 1 atom stereocenters. The zero-order chi connectivity index (χ0) is 15.5. The van der Waals surface area contributed by atoms with Gasteiger partial charge in [0.05, 0.1) is 5.02 Å². The molecule has 2 aromatic rings. The van der Waals surface area contributed by atoms with Crippen LogP contribution in [0.1, 0.15) is 16.9 Å². The van der Waals surface area contributed by atoms with Gasteiger partial charge in [-0.05, 0) is 38.1 Å². The van der Waals surface area contributed by atoms with Crippen LogP contribution in [0.2, 0.25) is 5.02 Å². The standard InChI is InChI=1S/C16H18ClN3O2/c1-18-8-11-6-7-20(9-11)16(21)14-15(22-10-19-14)12-4-2-3-5-13(12)17/h2-5,10-11,18H,6-9H2,1H3/t11-/m0/s1. The molecule has 0 saturated carbocycles. The van der Waals surface area contributed by atoms with Crippen LogP contribution in [0.5, 0.6) is 0 Å². The number of carbonyl (C=O) groups excluding carboxylic acids is 1. The number of benzene rings is 1. The maximum Gasteiger partial charge on any atom is 0.276 e. The first-order valence-electron chi connectivity index (χ1n) is 7.33. The summed E-state index contributed by atoms with van der Waals surface area (Å²) >= 11 is 6.20. The van der Waals surface area contributed by atoms with Gasteiger partial charge in [-0.3, -0.25) is 4.79 Å². The predicted molar refractivity (Wildman–Crippen MR) is 84.9 cm³/mol. The van der Waals surface area contributed by atoms with Crippen LogP contribution in [0.4, 0.5) is 0 Å². The zero-order valence-corrected chi connectivity index (χ0v) is 13.1. The lowest BCUT2D eigenvalue weighted by Gasteiger charge is -2.15. The van der Waals surface area contributed by atoms with E-state index in [1.54, 1.807) is 6.07 Å². The topological polar surface area (TPSA) is 58.4 Å². The van der Waals surface area contributed by atoms with Crippen LogP contribution in [0.25, 0.3) is 11.3 Å². The van der Waals surface area contributed by atoms with E-state index in [1.807, 2.05) is 30.1 Å². The SMILES string of the molecule is CNC[C@@H]1CCN(C(=O)c2ncoc2-c2ccccc2Cl)C1. The van der Waals surface area contributed by atoms with Gasteiger partial charge in [0.2, 0.25) is 0 Å². The quantitative estimate of drug-likeness (QED) is 0.941. The molecule has 5 nitrogen and oxygen atoms in total. The molecule has 1 aliphatic rings. The first-order chi connectivity index (χ1) is 10.7. The monoisotopic (exact) mass is 319 g/mol. The highest BCUT2D eigenvalue weighted by atomic mass is 35.5. The largest absolute Gasteiger partial charge is 0.443 e. The van der Waals surface area contributed by atoms with Crippen LogP contribution in [0, 0.1) is 5.92 Å². The van der Waals surface area contributed by atoms with Crippen LogP contribution < -0.4 is 5.32 Å². The summed E-state index contributed by atoms with van der Waals surface area (Å²) in [7, 11) is 1.93. The molecular formula is C16H18ClN3O2. The number of aromatic nitrogens is 1. The summed E-state index contributed by atoms with van der Waals surface area (Å²) in [5.41, 5.74) is 1.02. The number of nitrogens with zero attached hydrogens (tertiary/aromatic N) is 2. The minimum atomic E-state index is -0.0951. The minimum absolute atomic E-state index is 0.0951. The summed E-state index contributed by atoms with van der Waals surface area (Å²) < 4.78 is 5.43. The van der Waals surface area contributed by atoms with E-state index in [0.717, 1.165) is 26.1 Å². The third-order valence-electron chi connectivity index (χ3n) is 3.95. The van der Waals surface area contributed by atoms with Gasteiger partial charge in [0.15, 0.2) is 17.8 Å². The summed E-state index contributed by atoms with van der Waals surface area (Å²) in [6, 6.07) is 7.29. The molecule has 116 valence electrons. The molecule has 2 heterocycles. The summed E-state index contributed by atoms with van der Waals surface area (Å²) in [5, 5.41) is 3.70. The highest BCUT2D eigenvalue weighted by molar-refractivity contribution is 6.33. The number of rotatable bonds is 4. The molecule has 1 aliphatic heterocycles. The number of oxazole rings is 1. The van der Waals surface area contributed by atoms with Crippen LogP contribution in [0.15, 0.2) is 35.1 Å². The van der Waals surface area contributed by atoms with Crippen molar-refractivity contribution < 1.29 is 9.21 Å². The van der Waals surface area contributed by atoms with Crippen LogP contribution in [-0.4, -0.2) is 42.5 Å². The summed E-state index contributed by atoms with van der Waals surface area (Å²) in [4.78, 5) is 18.7. The van der Waals surface area contributed by atoms with E-state index in [0.29, 0.717) is 28.0 Å². The fraction of sp³-hybridized carbons (Fsp3) is 0.375. The van der Waals surface area contributed by atoms with Crippen LogP contribution in [0.3, 0.4) is 0 Å². The number of likely N-dealkylation sites (tertiary alicyclic amines) is 1.